The SMILES string of the molecule is CCC(CC)(CO)NC(=O)CCSc1ccc(F)c(F)c1. The van der Waals surface area contributed by atoms with Gasteiger partial charge in [0.05, 0.1) is 12.1 Å². The van der Waals surface area contributed by atoms with Gasteiger partial charge in [-0.25, -0.2) is 8.78 Å². The van der Waals surface area contributed by atoms with Gasteiger partial charge in [0, 0.05) is 17.1 Å². The van der Waals surface area contributed by atoms with E-state index in [1.807, 2.05) is 13.8 Å². The highest BCUT2D eigenvalue weighted by atomic mass is 32.2. The summed E-state index contributed by atoms with van der Waals surface area (Å²) < 4.78 is 25.8. The average molecular weight is 317 g/mol. The topological polar surface area (TPSA) is 49.3 Å². The van der Waals surface area contributed by atoms with Gasteiger partial charge < -0.3 is 10.4 Å². The summed E-state index contributed by atoms with van der Waals surface area (Å²) in [5.41, 5.74) is -0.566. The molecule has 0 bridgehead atoms. The molecule has 0 saturated heterocycles. The van der Waals surface area contributed by atoms with E-state index >= 15 is 0 Å². The molecule has 0 aliphatic carbocycles. The molecule has 2 N–H and O–H groups in total. The number of rotatable bonds is 8. The van der Waals surface area contributed by atoms with Crippen LogP contribution in [0.25, 0.3) is 0 Å². The zero-order valence-electron chi connectivity index (χ0n) is 12.3. The molecule has 118 valence electrons. The number of amides is 1. The van der Waals surface area contributed by atoms with Crippen molar-refractivity contribution in [3.05, 3.63) is 29.8 Å². The summed E-state index contributed by atoms with van der Waals surface area (Å²) in [6, 6.07) is 3.67. The second-order valence-corrected chi connectivity index (χ2v) is 6.04. The maximum Gasteiger partial charge on any atom is 0.221 e. The summed E-state index contributed by atoms with van der Waals surface area (Å²) >= 11 is 1.29. The number of hydrogen-bond donors (Lipinski definition) is 2. The standard InChI is InChI=1S/C15H21F2NO2S/c1-3-15(4-2,10-19)18-14(20)7-8-21-11-5-6-12(16)13(17)9-11/h5-6,9,19H,3-4,7-8,10H2,1-2H3,(H,18,20). The van der Waals surface area contributed by atoms with Crippen LogP contribution in [0.1, 0.15) is 33.1 Å². The Morgan fingerprint density at radius 3 is 2.48 bits per heavy atom. The van der Waals surface area contributed by atoms with E-state index in [4.69, 9.17) is 0 Å². The van der Waals surface area contributed by atoms with Gasteiger partial charge >= 0.3 is 0 Å². The molecule has 21 heavy (non-hydrogen) atoms. The number of carbonyl (C=O) groups is 1. The van der Waals surface area contributed by atoms with Crippen molar-refractivity contribution in [2.45, 2.75) is 43.5 Å². The van der Waals surface area contributed by atoms with Gasteiger partial charge in [-0.1, -0.05) is 13.8 Å². The van der Waals surface area contributed by atoms with Crippen molar-refractivity contribution in [2.24, 2.45) is 0 Å². The molecule has 0 spiro atoms. The summed E-state index contributed by atoms with van der Waals surface area (Å²) in [5, 5.41) is 12.2. The molecule has 0 radical (unpaired) electrons. The molecule has 1 aromatic rings. The Morgan fingerprint density at radius 2 is 1.95 bits per heavy atom. The van der Waals surface area contributed by atoms with Crippen LogP contribution in [0.5, 0.6) is 0 Å². The molecule has 0 aliphatic rings. The van der Waals surface area contributed by atoms with Crippen LogP contribution in [-0.2, 0) is 4.79 Å². The fourth-order valence-electron chi connectivity index (χ4n) is 1.88. The number of aliphatic hydroxyl groups is 1. The first-order valence-electron chi connectivity index (χ1n) is 6.96. The van der Waals surface area contributed by atoms with E-state index in [1.54, 1.807) is 0 Å². The van der Waals surface area contributed by atoms with Crippen molar-refractivity contribution < 1.29 is 18.7 Å². The van der Waals surface area contributed by atoms with Crippen molar-refractivity contribution in [1.29, 1.82) is 0 Å². The number of aliphatic hydroxyl groups excluding tert-OH is 1. The van der Waals surface area contributed by atoms with Crippen molar-refractivity contribution in [3.8, 4) is 0 Å². The van der Waals surface area contributed by atoms with Crippen molar-refractivity contribution in [1.82, 2.24) is 5.32 Å². The monoisotopic (exact) mass is 317 g/mol. The lowest BCUT2D eigenvalue weighted by Gasteiger charge is -2.30. The van der Waals surface area contributed by atoms with Crippen molar-refractivity contribution >= 4 is 17.7 Å². The number of carbonyl (C=O) groups excluding carboxylic acids is 1. The predicted octanol–water partition coefficient (Wildman–Crippen LogP) is 3.11. The van der Waals surface area contributed by atoms with E-state index in [-0.39, 0.29) is 18.9 Å². The van der Waals surface area contributed by atoms with E-state index < -0.39 is 17.2 Å². The third-order valence-electron chi connectivity index (χ3n) is 3.55. The van der Waals surface area contributed by atoms with Crippen LogP contribution < -0.4 is 5.32 Å². The minimum atomic E-state index is -0.888. The van der Waals surface area contributed by atoms with E-state index in [0.29, 0.717) is 23.5 Å². The number of nitrogens with one attached hydrogen (secondary N) is 1. The summed E-state index contributed by atoms with van der Waals surface area (Å²) in [6.07, 6.45) is 1.57. The lowest BCUT2D eigenvalue weighted by molar-refractivity contribution is -0.123. The lowest BCUT2D eigenvalue weighted by Crippen LogP contribution is -2.50. The molecule has 1 aromatic carbocycles. The zero-order chi connectivity index (χ0) is 15.9. The van der Waals surface area contributed by atoms with Gasteiger partial charge in [0.1, 0.15) is 0 Å². The first-order chi connectivity index (χ1) is 9.96. The highest BCUT2D eigenvalue weighted by molar-refractivity contribution is 7.99. The van der Waals surface area contributed by atoms with Crippen LogP contribution in [0.3, 0.4) is 0 Å². The average Bonchev–Trinajstić information content (AvgIpc) is 2.48. The third kappa shape index (κ3) is 5.28. The van der Waals surface area contributed by atoms with Crippen molar-refractivity contribution in [2.75, 3.05) is 12.4 Å². The van der Waals surface area contributed by atoms with Crippen LogP contribution in [0.2, 0.25) is 0 Å². The Balaban J connectivity index is 2.44. The van der Waals surface area contributed by atoms with E-state index in [2.05, 4.69) is 5.32 Å². The number of benzene rings is 1. The molecule has 0 fully saturated rings. The molecule has 0 aliphatic heterocycles. The summed E-state index contributed by atoms with van der Waals surface area (Å²) in [4.78, 5) is 12.5. The summed E-state index contributed by atoms with van der Waals surface area (Å²) in [6.45, 7) is 3.73. The number of halogens is 2. The first kappa shape index (κ1) is 17.9. The molecule has 3 nitrogen and oxygen atoms in total. The van der Waals surface area contributed by atoms with Crippen molar-refractivity contribution in [3.63, 3.8) is 0 Å². The summed E-state index contributed by atoms with van der Waals surface area (Å²) in [5.74, 6) is -1.45. The van der Waals surface area contributed by atoms with Gasteiger partial charge in [-0.05, 0) is 31.0 Å². The Kier molecular flexibility index (Phi) is 7.11. The molecule has 0 saturated carbocycles. The van der Waals surface area contributed by atoms with Gasteiger partial charge in [-0.15, -0.1) is 11.8 Å². The minimum absolute atomic E-state index is 0.0952. The lowest BCUT2D eigenvalue weighted by atomic mass is 9.94. The Hall–Kier alpha value is -1.14. The Morgan fingerprint density at radius 1 is 1.29 bits per heavy atom. The van der Waals surface area contributed by atoms with Crippen LogP contribution >= 0.6 is 11.8 Å². The smallest absolute Gasteiger partial charge is 0.221 e. The fourth-order valence-corrected chi connectivity index (χ4v) is 2.75. The second kappa shape index (κ2) is 8.34. The number of hydrogen-bond acceptors (Lipinski definition) is 3. The highest BCUT2D eigenvalue weighted by Gasteiger charge is 2.26. The maximum atomic E-state index is 13.0. The zero-order valence-corrected chi connectivity index (χ0v) is 13.1. The molecule has 0 atom stereocenters. The van der Waals surface area contributed by atoms with Crippen LogP contribution in [-0.4, -0.2) is 28.9 Å². The normalized spacial score (nSPS) is 11.5. The molecular formula is C15H21F2NO2S. The Bertz CT molecular complexity index is 470. The van der Waals surface area contributed by atoms with Crippen LogP contribution in [0.15, 0.2) is 23.1 Å². The second-order valence-electron chi connectivity index (χ2n) is 4.87. The van der Waals surface area contributed by atoms with Gasteiger partial charge in [-0.3, -0.25) is 4.79 Å². The van der Waals surface area contributed by atoms with E-state index in [1.165, 1.54) is 17.8 Å². The largest absolute Gasteiger partial charge is 0.394 e. The van der Waals surface area contributed by atoms with E-state index in [0.717, 1.165) is 12.1 Å². The van der Waals surface area contributed by atoms with Gasteiger partial charge in [-0.2, -0.15) is 0 Å². The predicted molar refractivity (Wildman–Crippen MR) is 80.2 cm³/mol. The molecule has 0 heterocycles. The van der Waals surface area contributed by atoms with Gasteiger partial charge in [0.25, 0.3) is 0 Å². The minimum Gasteiger partial charge on any atom is -0.394 e. The number of thioether (sulfide) groups is 1. The molecule has 6 heteroatoms. The van der Waals surface area contributed by atoms with E-state index in [9.17, 15) is 18.7 Å². The summed E-state index contributed by atoms with van der Waals surface area (Å²) in [7, 11) is 0. The van der Waals surface area contributed by atoms with Gasteiger partial charge in [0.15, 0.2) is 11.6 Å². The van der Waals surface area contributed by atoms with Gasteiger partial charge in [0.2, 0.25) is 5.91 Å². The Labute approximate surface area is 128 Å². The first-order valence-corrected chi connectivity index (χ1v) is 7.94. The quantitative estimate of drug-likeness (QED) is 0.724. The molecule has 0 aromatic heterocycles. The van der Waals surface area contributed by atoms with Crippen LogP contribution in [0.4, 0.5) is 8.78 Å². The molecule has 1 amide bonds. The molecule has 1 rings (SSSR count). The fraction of sp³-hybridized carbons (Fsp3) is 0.533. The maximum absolute atomic E-state index is 13.0. The highest BCUT2D eigenvalue weighted by Crippen LogP contribution is 2.21. The van der Waals surface area contributed by atoms with Crippen LogP contribution in [0, 0.1) is 11.6 Å². The molecule has 0 unspecified atom stereocenters. The molecular weight excluding hydrogens is 296 g/mol. The third-order valence-corrected chi connectivity index (χ3v) is 4.55.